The monoisotopic (exact) mass is 205 g/mol. The topological polar surface area (TPSA) is 30.5 Å². The van der Waals surface area contributed by atoms with Gasteiger partial charge in [0.15, 0.2) is 0 Å². The SMILES string of the molecule is COC1(CNC/C=C/Cl)CCOC1. The molecule has 0 aromatic carbocycles. The van der Waals surface area contributed by atoms with Gasteiger partial charge in [-0.3, -0.25) is 0 Å². The van der Waals surface area contributed by atoms with E-state index < -0.39 is 0 Å². The Morgan fingerprint density at radius 1 is 1.69 bits per heavy atom. The fourth-order valence-electron chi connectivity index (χ4n) is 1.39. The van der Waals surface area contributed by atoms with Gasteiger partial charge >= 0.3 is 0 Å². The van der Waals surface area contributed by atoms with E-state index in [2.05, 4.69) is 5.32 Å². The van der Waals surface area contributed by atoms with Gasteiger partial charge in [-0.2, -0.15) is 0 Å². The molecule has 0 aromatic rings. The van der Waals surface area contributed by atoms with Crippen molar-refractivity contribution in [1.29, 1.82) is 0 Å². The van der Waals surface area contributed by atoms with Crippen LogP contribution in [0.2, 0.25) is 0 Å². The van der Waals surface area contributed by atoms with Crippen LogP contribution < -0.4 is 5.32 Å². The molecule has 76 valence electrons. The van der Waals surface area contributed by atoms with E-state index in [0.29, 0.717) is 6.61 Å². The Bertz CT molecular complexity index is 167. The van der Waals surface area contributed by atoms with Crippen molar-refractivity contribution in [1.82, 2.24) is 5.32 Å². The van der Waals surface area contributed by atoms with E-state index in [0.717, 1.165) is 26.1 Å². The van der Waals surface area contributed by atoms with Gasteiger partial charge in [0.05, 0.1) is 6.61 Å². The molecule has 1 aliphatic heterocycles. The standard InChI is InChI=1S/C9H16ClNO2/c1-12-9(3-6-13-8-9)7-11-5-2-4-10/h2,4,11H,3,5-8H2,1H3/b4-2+. The van der Waals surface area contributed by atoms with Crippen molar-refractivity contribution in [3.8, 4) is 0 Å². The Morgan fingerprint density at radius 3 is 3.08 bits per heavy atom. The molecule has 4 heteroatoms. The maximum Gasteiger partial charge on any atom is 0.106 e. The number of nitrogens with one attached hydrogen (secondary N) is 1. The third kappa shape index (κ3) is 3.27. The fourth-order valence-corrected chi connectivity index (χ4v) is 1.48. The van der Waals surface area contributed by atoms with Gasteiger partial charge in [-0.1, -0.05) is 17.7 Å². The molecule has 13 heavy (non-hydrogen) atoms. The summed E-state index contributed by atoms with van der Waals surface area (Å²) in [6, 6.07) is 0. The quantitative estimate of drug-likeness (QED) is 0.683. The minimum absolute atomic E-state index is 0.125. The van der Waals surface area contributed by atoms with Gasteiger partial charge in [0.1, 0.15) is 5.60 Å². The second-order valence-electron chi connectivity index (χ2n) is 3.18. The lowest BCUT2D eigenvalue weighted by molar-refractivity contribution is -0.0150. The van der Waals surface area contributed by atoms with Crippen molar-refractivity contribution in [2.75, 3.05) is 33.4 Å². The smallest absolute Gasteiger partial charge is 0.106 e. The second kappa shape index (κ2) is 5.60. The molecule has 0 amide bonds. The van der Waals surface area contributed by atoms with Crippen LogP contribution in [0, 0.1) is 0 Å². The summed E-state index contributed by atoms with van der Waals surface area (Å²) in [5.74, 6) is 0. The van der Waals surface area contributed by atoms with Gasteiger partial charge < -0.3 is 14.8 Å². The van der Waals surface area contributed by atoms with Crippen LogP contribution in [0.3, 0.4) is 0 Å². The largest absolute Gasteiger partial charge is 0.378 e. The first-order valence-electron chi connectivity index (χ1n) is 4.42. The zero-order valence-corrected chi connectivity index (χ0v) is 8.64. The van der Waals surface area contributed by atoms with Gasteiger partial charge in [0, 0.05) is 38.8 Å². The zero-order valence-electron chi connectivity index (χ0n) is 7.88. The molecule has 1 aliphatic rings. The van der Waals surface area contributed by atoms with E-state index >= 15 is 0 Å². The van der Waals surface area contributed by atoms with Crippen LogP contribution >= 0.6 is 11.6 Å². The highest BCUT2D eigenvalue weighted by molar-refractivity contribution is 6.25. The summed E-state index contributed by atoms with van der Waals surface area (Å²) >= 11 is 5.39. The molecule has 1 fully saturated rings. The van der Waals surface area contributed by atoms with Crippen molar-refractivity contribution < 1.29 is 9.47 Å². The molecule has 1 heterocycles. The van der Waals surface area contributed by atoms with Crippen LogP contribution in [0.15, 0.2) is 11.6 Å². The molecule has 0 radical (unpaired) electrons. The summed E-state index contributed by atoms with van der Waals surface area (Å²) in [5.41, 5.74) is 1.39. The van der Waals surface area contributed by atoms with Crippen LogP contribution in [0.5, 0.6) is 0 Å². The summed E-state index contributed by atoms with van der Waals surface area (Å²) in [6.45, 7) is 3.06. The molecule has 1 unspecified atom stereocenters. The Balaban J connectivity index is 2.23. The minimum Gasteiger partial charge on any atom is -0.378 e. The summed E-state index contributed by atoms with van der Waals surface area (Å²) in [5, 5.41) is 3.24. The molecule has 0 aliphatic carbocycles. The second-order valence-corrected chi connectivity index (χ2v) is 3.43. The first-order valence-corrected chi connectivity index (χ1v) is 4.85. The molecular formula is C9H16ClNO2. The van der Waals surface area contributed by atoms with Crippen molar-refractivity contribution >= 4 is 11.6 Å². The summed E-state index contributed by atoms with van der Waals surface area (Å²) in [7, 11) is 1.73. The minimum atomic E-state index is -0.125. The van der Waals surface area contributed by atoms with Gasteiger partial charge in [0.2, 0.25) is 0 Å². The van der Waals surface area contributed by atoms with Crippen molar-refractivity contribution in [2.24, 2.45) is 0 Å². The molecule has 0 saturated carbocycles. The van der Waals surface area contributed by atoms with Crippen LogP contribution in [0.4, 0.5) is 0 Å². The lowest BCUT2D eigenvalue weighted by atomic mass is 10.0. The highest BCUT2D eigenvalue weighted by Gasteiger charge is 2.34. The molecule has 0 aromatic heterocycles. The van der Waals surface area contributed by atoms with E-state index in [4.69, 9.17) is 21.1 Å². The maximum atomic E-state index is 5.43. The Morgan fingerprint density at radius 2 is 2.54 bits per heavy atom. The van der Waals surface area contributed by atoms with Crippen molar-refractivity contribution in [3.05, 3.63) is 11.6 Å². The van der Waals surface area contributed by atoms with E-state index in [1.165, 1.54) is 5.54 Å². The third-order valence-corrected chi connectivity index (χ3v) is 2.48. The lowest BCUT2D eigenvalue weighted by Gasteiger charge is -2.25. The Kier molecular flexibility index (Phi) is 4.73. The molecule has 0 spiro atoms. The normalized spacial score (nSPS) is 28.8. The van der Waals surface area contributed by atoms with E-state index in [1.807, 2.05) is 6.08 Å². The Hall–Kier alpha value is -0.0900. The number of hydrogen-bond donors (Lipinski definition) is 1. The van der Waals surface area contributed by atoms with Crippen LogP contribution in [0.1, 0.15) is 6.42 Å². The molecule has 1 saturated heterocycles. The van der Waals surface area contributed by atoms with Crippen molar-refractivity contribution in [3.63, 3.8) is 0 Å². The summed E-state index contributed by atoms with van der Waals surface area (Å²) in [4.78, 5) is 0. The van der Waals surface area contributed by atoms with Gasteiger partial charge in [-0.25, -0.2) is 0 Å². The third-order valence-electron chi connectivity index (χ3n) is 2.30. The lowest BCUT2D eigenvalue weighted by Crippen LogP contribution is -2.43. The first-order chi connectivity index (χ1) is 6.33. The number of methoxy groups -OCH3 is 1. The first kappa shape index (κ1) is 11.0. The fraction of sp³-hybridized carbons (Fsp3) is 0.778. The molecular weight excluding hydrogens is 190 g/mol. The Labute approximate surface area is 84.0 Å². The van der Waals surface area contributed by atoms with Crippen LogP contribution in [-0.2, 0) is 9.47 Å². The molecule has 1 atom stereocenters. The molecule has 1 rings (SSSR count). The molecule has 0 bridgehead atoms. The van der Waals surface area contributed by atoms with Crippen molar-refractivity contribution in [2.45, 2.75) is 12.0 Å². The maximum absolute atomic E-state index is 5.43. The van der Waals surface area contributed by atoms with E-state index in [1.54, 1.807) is 7.11 Å². The zero-order chi connectivity index (χ0) is 9.57. The van der Waals surface area contributed by atoms with E-state index in [9.17, 15) is 0 Å². The summed E-state index contributed by atoms with van der Waals surface area (Å²) in [6.07, 6.45) is 2.82. The van der Waals surface area contributed by atoms with Gasteiger partial charge in [0.25, 0.3) is 0 Å². The number of rotatable bonds is 5. The highest BCUT2D eigenvalue weighted by atomic mass is 35.5. The van der Waals surface area contributed by atoms with Gasteiger partial charge in [-0.15, -0.1) is 0 Å². The van der Waals surface area contributed by atoms with E-state index in [-0.39, 0.29) is 5.60 Å². The number of hydrogen-bond acceptors (Lipinski definition) is 3. The van der Waals surface area contributed by atoms with Crippen LogP contribution in [0.25, 0.3) is 0 Å². The highest BCUT2D eigenvalue weighted by Crippen LogP contribution is 2.21. The average Bonchev–Trinajstić information content (AvgIpc) is 2.62. The van der Waals surface area contributed by atoms with Gasteiger partial charge in [-0.05, 0) is 0 Å². The summed E-state index contributed by atoms with van der Waals surface area (Å²) < 4.78 is 10.7. The molecule has 1 N–H and O–H groups in total. The molecule has 3 nitrogen and oxygen atoms in total. The average molecular weight is 206 g/mol. The number of ether oxygens (including phenoxy) is 2. The number of halogens is 1. The van der Waals surface area contributed by atoms with Crippen LogP contribution in [-0.4, -0.2) is 39.0 Å². The predicted molar refractivity (Wildman–Crippen MR) is 53.0 cm³/mol. The predicted octanol–water partition coefficient (Wildman–Crippen LogP) is 1.13.